The number of sulfonamides is 1. The molecule has 0 saturated heterocycles. The van der Waals surface area contributed by atoms with E-state index in [1.807, 2.05) is 37.3 Å². The predicted molar refractivity (Wildman–Crippen MR) is 162 cm³/mol. The molecule has 42 heavy (non-hydrogen) atoms. The lowest BCUT2D eigenvalue weighted by Crippen LogP contribution is -2.53. The van der Waals surface area contributed by atoms with Crippen LogP contribution in [0.4, 0.5) is 10.1 Å². The van der Waals surface area contributed by atoms with Crippen LogP contribution in [0.2, 0.25) is 5.02 Å². The summed E-state index contributed by atoms with van der Waals surface area (Å²) in [6, 6.07) is 26.3. The van der Waals surface area contributed by atoms with Gasteiger partial charge in [-0.3, -0.25) is 13.9 Å². The fourth-order valence-corrected chi connectivity index (χ4v) is 6.02. The second kappa shape index (κ2) is 13.6. The molecule has 0 spiro atoms. The summed E-state index contributed by atoms with van der Waals surface area (Å²) >= 11 is 6.00. The van der Waals surface area contributed by atoms with Gasteiger partial charge < -0.3 is 10.2 Å². The van der Waals surface area contributed by atoms with Gasteiger partial charge in [0.25, 0.3) is 10.0 Å². The number of halogens is 2. The molecule has 0 aliphatic heterocycles. The van der Waals surface area contributed by atoms with E-state index in [1.54, 1.807) is 24.3 Å². The smallest absolute Gasteiger partial charge is 0.264 e. The molecule has 0 radical (unpaired) electrons. The lowest BCUT2D eigenvalue weighted by molar-refractivity contribution is -0.139. The summed E-state index contributed by atoms with van der Waals surface area (Å²) in [4.78, 5) is 28.7. The Morgan fingerprint density at radius 1 is 0.857 bits per heavy atom. The molecule has 4 aromatic rings. The molecule has 4 aromatic carbocycles. The Hall–Kier alpha value is -4.21. The van der Waals surface area contributed by atoms with Crippen molar-refractivity contribution in [2.24, 2.45) is 0 Å². The molecule has 7 nitrogen and oxygen atoms in total. The van der Waals surface area contributed by atoms with Crippen LogP contribution in [0.3, 0.4) is 0 Å². The van der Waals surface area contributed by atoms with Crippen molar-refractivity contribution in [1.82, 2.24) is 10.2 Å². The molecule has 0 aromatic heterocycles. The molecule has 10 heteroatoms. The number of carbonyl (C=O) groups excluding carboxylic acids is 2. The van der Waals surface area contributed by atoms with Crippen LogP contribution in [0.5, 0.6) is 0 Å². The minimum atomic E-state index is -4.22. The number of aryl methyl sites for hydroxylation is 1. The number of nitrogens with one attached hydrogen (secondary N) is 1. The zero-order chi connectivity index (χ0) is 30.3. The van der Waals surface area contributed by atoms with Crippen LogP contribution in [0, 0.1) is 12.7 Å². The van der Waals surface area contributed by atoms with E-state index in [2.05, 4.69) is 5.32 Å². The molecular weight excluding hydrogens is 577 g/mol. The van der Waals surface area contributed by atoms with Crippen LogP contribution >= 0.6 is 11.6 Å². The molecule has 4 rings (SSSR count). The summed E-state index contributed by atoms with van der Waals surface area (Å²) in [7, 11) is -2.75. The van der Waals surface area contributed by atoms with Gasteiger partial charge in [0.15, 0.2) is 0 Å². The quantitative estimate of drug-likeness (QED) is 0.248. The van der Waals surface area contributed by atoms with Gasteiger partial charge in [-0.1, -0.05) is 71.8 Å². The zero-order valence-electron chi connectivity index (χ0n) is 23.2. The van der Waals surface area contributed by atoms with E-state index < -0.39 is 40.2 Å². The second-order valence-electron chi connectivity index (χ2n) is 9.77. The number of carbonyl (C=O) groups is 2. The maximum atomic E-state index is 14.2. The largest absolute Gasteiger partial charge is 0.357 e. The Labute approximate surface area is 250 Å². The van der Waals surface area contributed by atoms with E-state index >= 15 is 0 Å². The highest BCUT2D eigenvalue weighted by atomic mass is 35.5. The van der Waals surface area contributed by atoms with Crippen LogP contribution in [0.15, 0.2) is 108 Å². The number of likely N-dealkylation sites (N-methyl/N-ethyl adjacent to an activating group) is 1. The predicted octanol–water partition coefficient (Wildman–Crippen LogP) is 5.37. The minimum absolute atomic E-state index is 0.0440. The Kier molecular flexibility index (Phi) is 9.98. The van der Waals surface area contributed by atoms with Gasteiger partial charge in [0.05, 0.1) is 10.6 Å². The molecule has 0 saturated carbocycles. The summed E-state index contributed by atoms with van der Waals surface area (Å²) in [5.41, 5.74) is 2.58. The highest BCUT2D eigenvalue weighted by molar-refractivity contribution is 7.92. The molecule has 1 N–H and O–H groups in total. The fourth-order valence-electron chi connectivity index (χ4n) is 4.48. The van der Waals surface area contributed by atoms with Gasteiger partial charge in [0.2, 0.25) is 11.8 Å². The summed E-state index contributed by atoms with van der Waals surface area (Å²) in [6.45, 7) is 1.24. The van der Waals surface area contributed by atoms with E-state index in [4.69, 9.17) is 11.6 Å². The topological polar surface area (TPSA) is 86.8 Å². The van der Waals surface area contributed by atoms with Crippen molar-refractivity contribution in [3.8, 4) is 0 Å². The molecular formula is C32H31ClFN3O4S. The number of hydrogen-bond donors (Lipinski definition) is 1. The first-order chi connectivity index (χ1) is 20.1. The fraction of sp³-hybridized carbons (Fsp3) is 0.188. The van der Waals surface area contributed by atoms with Gasteiger partial charge in [0, 0.05) is 25.0 Å². The Morgan fingerprint density at radius 3 is 2.07 bits per heavy atom. The molecule has 0 bridgehead atoms. The second-order valence-corrected chi connectivity index (χ2v) is 12.1. The van der Waals surface area contributed by atoms with Crippen LogP contribution in [0.25, 0.3) is 0 Å². The van der Waals surface area contributed by atoms with Crippen molar-refractivity contribution in [2.75, 3.05) is 17.9 Å². The van der Waals surface area contributed by atoms with Gasteiger partial charge in [-0.2, -0.15) is 0 Å². The monoisotopic (exact) mass is 607 g/mol. The highest BCUT2D eigenvalue weighted by Gasteiger charge is 2.34. The van der Waals surface area contributed by atoms with Crippen LogP contribution in [-0.2, 0) is 32.6 Å². The van der Waals surface area contributed by atoms with Gasteiger partial charge >= 0.3 is 0 Å². The zero-order valence-corrected chi connectivity index (χ0v) is 24.8. The third-order valence-electron chi connectivity index (χ3n) is 6.79. The normalized spacial score (nSPS) is 11.9. The third-order valence-corrected chi connectivity index (χ3v) is 8.83. The third kappa shape index (κ3) is 7.54. The van der Waals surface area contributed by atoms with E-state index in [9.17, 15) is 22.4 Å². The SMILES string of the molecule is CNC(=O)C(Cc1ccccc1)N(Cc1ccc(F)cc1)C(=O)CN(c1ccc(C)cc1)S(=O)(=O)c1ccc(Cl)cc1. The molecule has 218 valence electrons. The van der Waals surface area contributed by atoms with Crippen molar-refractivity contribution in [1.29, 1.82) is 0 Å². The van der Waals surface area contributed by atoms with Gasteiger partial charge in [-0.05, 0) is 66.6 Å². The summed E-state index contributed by atoms with van der Waals surface area (Å²) in [5.74, 6) is -1.47. The van der Waals surface area contributed by atoms with Crippen molar-refractivity contribution < 1.29 is 22.4 Å². The average molecular weight is 608 g/mol. The van der Waals surface area contributed by atoms with Crippen LogP contribution in [-0.4, -0.2) is 44.8 Å². The lowest BCUT2D eigenvalue weighted by Gasteiger charge is -2.33. The van der Waals surface area contributed by atoms with E-state index in [0.29, 0.717) is 10.6 Å². The van der Waals surface area contributed by atoms with Crippen LogP contribution < -0.4 is 9.62 Å². The summed E-state index contributed by atoms with van der Waals surface area (Å²) < 4.78 is 42.6. The lowest BCUT2D eigenvalue weighted by atomic mass is 10.0. The molecule has 0 aliphatic carbocycles. The maximum absolute atomic E-state index is 14.2. The minimum Gasteiger partial charge on any atom is -0.357 e. The molecule has 0 fully saturated rings. The van der Waals surface area contributed by atoms with Crippen molar-refractivity contribution in [2.45, 2.75) is 30.8 Å². The van der Waals surface area contributed by atoms with E-state index in [-0.39, 0.29) is 23.5 Å². The Bertz CT molecular complexity index is 1620. The first-order valence-corrected chi connectivity index (χ1v) is 15.0. The average Bonchev–Trinajstić information content (AvgIpc) is 2.99. The Balaban J connectivity index is 1.77. The van der Waals surface area contributed by atoms with Crippen molar-refractivity contribution in [3.05, 3.63) is 131 Å². The van der Waals surface area contributed by atoms with Crippen LogP contribution in [0.1, 0.15) is 16.7 Å². The number of amides is 2. The number of benzene rings is 4. The molecule has 1 atom stereocenters. The Morgan fingerprint density at radius 2 is 1.48 bits per heavy atom. The first kappa shape index (κ1) is 30.7. The maximum Gasteiger partial charge on any atom is 0.264 e. The number of nitrogens with zero attached hydrogens (tertiary/aromatic N) is 2. The molecule has 1 unspecified atom stereocenters. The number of anilines is 1. The first-order valence-electron chi connectivity index (χ1n) is 13.2. The molecule has 2 amide bonds. The van der Waals surface area contributed by atoms with Crippen molar-refractivity contribution >= 4 is 39.1 Å². The summed E-state index contributed by atoms with van der Waals surface area (Å²) in [6.07, 6.45) is 0.182. The molecule has 0 aliphatic rings. The standard InChI is InChI=1S/C32H31ClFN3O4S/c1-23-8-16-28(17-9-23)37(42(40,41)29-18-12-26(33)13-19-29)22-31(38)36(21-25-10-14-27(34)15-11-25)30(32(39)35-2)20-24-6-4-3-5-7-24/h3-19,30H,20-22H2,1-2H3,(H,35,39). The van der Waals surface area contributed by atoms with Crippen molar-refractivity contribution in [3.63, 3.8) is 0 Å². The van der Waals surface area contributed by atoms with Gasteiger partial charge in [0.1, 0.15) is 18.4 Å². The number of rotatable bonds is 11. The molecule has 0 heterocycles. The summed E-state index contributed by atoms with van der Waals surface area (Å²) in [5, 5.41) is 3.00. The number of hydrogen-bond acceptors (Lipinski definition) is 4. The van der Waals surface area contributed by atoms with Gasteiger partial charge in [-0.15, -0.1) is 0 Å². The van der Waals surface area contributed by atoms with E-state index in [0.717, 1.165) is 15.4 Å². The highest BCUT2D eigenvalue weighted by Crippen LogP contribution is 2.26. The van der Waals surface area contributed by atoms with E-state index in [1.165, 1.54) is 60.5 Å². The van der Waals surface area contributed by atoms with Gasteiger partial charge in [-0.25, -0.2) is 12.8 Å².